The lowest BCUT2D eigenvalue weighted by Gasteiger charge is -2.19. The van der Waals surface area contributed by atoms with Gasteiger partial charge in [-0.1, -0.05) is 74.4 Å². The first-order valence-electron chi connectivity index (χ1n) is 7.61. The van der Waals surface area contributed by atoms with E-state index < -0.39 is 6.10 Å². The number of rotatable bonds is 3. The lowest BCUT2D eigenvalue weighted by atomic mass is 9.86. The van der Waals surface area contributed by atoms with Crippen LogP contribution in [0.4, 0.5) is 0 Å². The highest BCUT2D eigenvalue weighted by molar-refractivity contribution is 5.32. The molecule has 2 aromatic carbocycles. The van der Waals surface area contributed by atoms with Crippen molar-refractivity contribution >= 4 is 0 Å². The van der Waals surface area contributed by atoms with Gasteiger partial charge in [-0.25, -0.2) is 0 Å². The quantitative estimate of drug-likeness (QED) is 0.851. The van der Waals surface area contributed by atoms with Gasteiger partial charge in [-0.05, 0) is 36.0 Å². The first-order valence-corrected chi connectivity index (χ1v) is 7.61. The Bertz CT molecular complexity index is 582. The summed E-state index contributed by atoms with van der Waals surface area (Å²) in [6.45, 7) is 10.8. The Hall–Kier alpha value is -1.60. The summed E-state index contributed by atoms with van der Waals surface area (Å²) < 4.78 is 0. The molecule has 0 aromatic heterocycles. The molecule has 1 N–H and O–H groups in total. The molecule has 0 bridgehead atoms. The van der Waals surface area contributed by atoms with Crippen LogP contribution in [0.15, 0.2) is 42.5 Å². The van der Waals surface area contributed by atoms with Gasteiger partial charge in [-0.2, -0.15) is 0 Å². The van der Waals surface area contributed by atoms with Crippen molar-refractivity contribution < 1.29 is 5.11 Å². The molecule has 0 heterocycles. The third-order valence-corrected chi connectivity index (χ3v) is 3.88. The van der Waals surface area contributed by atoms with E-state index in [1.165, 1.54) is 22.3 Å². The summed E-state index contributed by atoms with van der Waals surface area (Å²) in [6.07, 6.45) is 0.219. The van der Waals surface area contributed by atoms with E-state index >= 15 is 0 Å². The molecule has 1 nitrogen and oxygen atoms in total. The second kappa shape index (κ2) is 6.03. The molecule has 0 aliphatic carbocycles. The maximum Gasteiger partial charge on any atom is 0.0830 e. The van der Waals surface area contributed by atoms with Gasteiger partial charge >= 0.3 is 0 Å². The fraction of sp³-hybridized carbons (Fsp3) is 0.400. The summed E-state index contributed by atoms with van der Waals surface area (Å²) in [5.41, 5.74) is 6.08. The number of aryl methyl sites for hydroxylation is 2. The minimum absolute atomic E-state index is 0.171. The minimum atomic E-state index is -0.441. The summed E-state index contributed by atoms with van der Waals surface area (Å²) in [4.78, 5) is 0. The van der Waals surface area contributed by atoms with E-state index in [1.807, 2.05) is 0 Å². The molecule has 1 atom stereocenters. The molecule has 0 spiro atoms. The number of hydrogen-bond donors (Lipinski definition) is 1. The Morgan fingerprint density at radius 3 is 1.90 bits per heavy atom. The van der Waals surface area contributed by atoms with Crippen LogP contribution in [0, 0.1) is 13.8 Å². The summed E-state index contributed by atoms with van der Waals surface area (Å²) >= 11 is 0. The third-order valence-electron chi connectivity index (χ3n) is 3.88. The molecular weight excluding hydrogens is 256 g/mol. The van der Waals surface area contributed by atoms with Crippen LogP contribution in [0.2, 0.25) is 0 Å². The molecule has 1 heteroatoms. The molecular formula is C20H26O. The van der Waals surface area contributed by atoms with Crippen molar-refractivity contribution in [2.45, 2.75) is 52.6 Å². The van der Waals surface area contributed by atoms with E-state index in [0.717, 1.165) is 5.56 Å². The van der Waals surface area contributed by atoms with Gasteiger partial charge in [0.2, 0.25) is 0 Å². The van der Waals surface area contributed by atoms with Crippen molar-refractivity contribution in [3.05, 3.63) is 70.3 Å². The van der Waals surface area contributed by atoms with E-state index in [0.29, 0.717) is 6.42 Å². The van der Waals surface area contributed by atoms with Crippen LogP contribution in [0.1, 0.15) is 54.7 Å². The average Bonchev–Trinajstić information content (AvgIpc) is 2.37. The zero-order valence-electron chi connectivity index (χ0n) is 13.8. The van der Waals surface area contributed by atoms with Crippen LogP contribution in [-0.4, -0.2) is 5.11 Å². The predicted octanol–water partition coefficient (Wildman–Crippen LogP) is 4.88. The minimum Gasteiger partial charge on any atom is -0.388 e. The number of aliphatic hydroxyl groups is 1. The molecule has 2 aromatic rings. The second-order valence-corrected chi connectivity index (χ2v) is 7.09. The van der Waals surface area contributed by atoms with Crippen molar-refractivity contribution in [2.75, 3.05) is 0 Å². The fourth-order valence-electron chi connectivity index (χ4n) is 2.68. The van der Waals surface area contributed by atoms with E-state index in [4.69, 9.17) is 0 Å². The summed E-state index contributed by atoms with van der Waals surface area (Å²) in [5, 5.41) is 10.5. The fourth-order valence-corrected chi connectivity index (χ4v) is 2.68. The molecule has 112 valence electrons. The van der Waals surface area contributed by atoms with Crippen molar-refractivity contribution in [1.82, 2.24) is 0 Å². The summed E-state index contributed by atoms with van der Waals surface area (Å²) in [5.74, 6) is 0. The largest absolute Gasteiger partial charge is 0.388 e. The molecule has 0 radical (unpaired) electrons. The van der Waals surface area contributed by atoms with E-state index in [2.05, 4.69) is 77.1 Å². The van der Waals surface area contributed by atoms with Gasteiger partial charge in [0, 0.05) is 6.42 Å². The standard InChI is InChI=1S/C20H26O/c1-14-10-15(2)12-17(11-14)19(21)13-16-6-8-18(9-7-16)20(3,4)5/h6-12,19,21H,13H2,1-5H3. The van der Waals surface area contributed by atoms with Crippen molar-refractivity contribution in [3.8, 4) is 0 Å². The average molecular weight is 282 g/mol. The zero-order valence-corrected chi connectivity index (χ0v) is 13.8. The lowest BCUT2D eigenvalue weighted by Crippen LogP contribution is -2.11. The van der Waals surface area contributed by atoms with Gasteiger partial charge < -0.3 is 5.11 Å². The second-order valence-electron chi connectivity index (χ2n) is 7.09. The smallest absolute Gasteiger partial charge is 0.0830 e. The molecule has 1 unspecified atom stereocenters. The monoisotopic (exact) mass is 282 g/mol. The molecule has 0 fully saturated rings. The molecule has 0 aliphatic rings. The SMILES string of the molecule is Cc1cc(C)cc(C(O)Cc2ccc(C(C)(C)C)cc2)c1. The topological polar surface area (TPSA) is 20.2 Å². The molecule has 0 saturated heterocycles. The molecule has 21 heavy (non-hydrogen) atoms. The predicted molar refractivity (Wildman–Crippen MR) is 89.7 cm³/mol. The van der Waals surface area contributed by atoms with Crippen LogP contribution in [0.5, 0.6) is 0 Å². The maximum absolute atomic E-state index is 10.5. The van der Waals surface area contributed by atoms with Crippen LogP contribution < -0.4 is 0 Å². The highest BCUT2D eigenvalue weighted by Gasteiger charge is 2.14. The number of hydrogen-bond acceptors (Lipinski definition) is 1. The van der Waals surface area contributed by atoms with Gasteiger partial charge in [-0.15, -0.1) is 0 Å². The Kier molecular flexibility index (Phi) is 4.53. The van der Waals surface area contributed by atoms with Gasteiger partial charge in [0.1, 0.15) is 0 Å². The first kappa shape index (κ1) is 15.8. The lowest BCUT2D eigenvalue weighted by molar-refractivity contribution is 0.178. The zero-order chi connectivity index (χ0) is 15.6. The Morgan fingerprint density at radius 1 is 0.905 bits per heavy atom. The van der Waals surface area contributed by atoms with Crippen LogP contribution in [-0.2, 0) is 11.8 Å². The molecule has 0 aliphatic heterocycles. The van der Waals surface area contributed by atoms with E-state index in [1.54, 1.807) is 0 Å². The third kappa shape index (κ3) is 4.18. The maximum atomic E-state index is 10.5. The van der Waals surface area contributed by atoms with Crippen molar-refractivity contribution in [3.63, 3.8) is 0 Å². The van der Waals surface area contributed by atoms with E-state index in [-0.39, 0.29) is 5.41 Å². The summed E-state index contributed by atoms with van der Waals surface area (Å²) in [7, 11) is 0. The van der Waals surface area contributed by atoms with Gasteiger partial charge in [0.15, 0.2) is 0 Å². The van der Waals surface area contributed by atoms with Gasteiger partial charge in [0.25, 0.3) is 0 Å². The highest BCUT2D eigenvalue weighted by atomic mass is 16.3. The number of aliphatic hydroxyl groups excluding tert-OH is 1. The van der Waals surface area contributed by atoms with E-state index in [9.17, 15) is 5.11 Å². The Morgan fingerprint density at radius 2 is 1.43 bits per heavy atom. The van der Waals surface area contributed by atoms with Crippen LogP contribution in [0.3, 0.4) is 0 Å². The molecule has 2 rings (SSSR count). The highest BCUT2D eigenvalue weighted by Crippen LogP contribution is 2.25. The normalized spacial score (nSPS) is 13.2. The van der Waals surface area contributed by atoms with Crippen molar-refractivity contribution in [1.29, 1.82) is 0 Å². The van der Waals surface area contributed by atoms with Crippen LogP contribution in [0.25, 0.3) is 0 Å². The van der Waals surface area contributed by atoms with Crippen LogP contribution >= 0.6 is 0 Å². The molecule has 0 amide bonds. The Labute approximate surface area is 128 Å². The van der Waals surface area contributed by atoms with Crippen molar-refractivity contribution in [2.24, 2.45) is 0 Å². The summed E-state index contributed by atoms with van der Waals surface area (Å²) in [6, 6.07) is 14.9. The Balaban J connectivity index is 2.14. The van der Waals surface area contributed by atoms with Gasteiger partial charge in [-0.3, -0.25) is 0 Å². The van der Waals surface area contributed by atoms with Gasteiger partial charge in [0.05, 0.1) is 6.10 Å². The molecule has 0 saturated carbocycles. The first-order chi connectivity index (χ1) is 9.75. The number of benzene rings is 2.